The second-order valence-corrected chi connectivity index (χ2v) is 4.97. The van der Waals surface area contributed by atoms with E-state index in [9.17, 15) is 4.79 Å². The van der Waals surface area contributed by atoms with Gasteiger partial charge in [-0.15, -0.1) is 0 Å². The first kappa shape index (κ1) is 10.9. The van der Waals surface area contributed by atoms with Crippen LogP contribution in [0.3, 0.4) is 0 Å². The zero-order valence-corrected chi connectivity index (χ0v) is 9.58. The molecule has 0 aromatic carbocycles. The summed E-state index contributed by atoms with van der Waals surface area (Å²) in [7, 11) is 2.02. The zero-order chi connectivity index (χ0) is 10.9. The van der Waals surface area contributed by atoms with Crippen molar-refractivity contribution in [2.45, 2.75) is 25.4 Å². The Hall–Kier alpha value is -0.610. The van der Waals surface area contributed by atoms with Crippen molar-refractivity contribution in [2.75, 3.05) is 33.3 Å². The maximum Gasteiger partial charge on any atom is 0.253 e. The molecule has 86 valence electrons. The Morgan fingerprint density at radius 2 is 2.33 bits per heavy atom. The average Bonchev–Trinajstić information content (AvgIpc) is 2.97. The van der Waals surface area contributed by atoms with Crippen molar-refractivity contribution in [1.82, 2.24) is 10.2 Å². The first-order chi connectivity index (χ1) is 7.10. The Bertz CT molecular complexity index is 253. The quantitative estimate of drug-likeness (QED) is 0.728. The van der Waals surface area contributed by atoms with Gasteiger partial charge in [-0.2, -0.15) is 0 Å². The molecule has 4 heteroatoms. The van der Waals surface area contributed by atoms with E-state index in [1.807, 2.05) is 14.0 Å². The van der Waals surface area contributed by atoms with Crippen molar-refractivity contribution in [3.05, 3.63) is 0 Å². The topological polar surface area (TPSA) is 41.6 Å². The van der Waals surface area contributed by atoms with E-state index < -0.39 is 5.60 Å². The molecule has 0 aromatic heterocycles. The molecule has 2 aliphatic rings. The maximum absolute atomic E-state index is 11.9. The average molecular weight is 212 g/mol. The summed E-state index contributed by atoms with van der Waals surface area (Å²) in [6.45, 7) is 4.94. The summed E-state index contributed by atoms with van der Waals surface area (Å²) < 4.78 is 5.60. The minimum absolute atomic E-state index is 0.0425. The fraction of sp³-hybridized carbons (Fsp3) is 0.909. The highest BCUT2D eigenvalue weighted by atomic mass is 16.5. The van der Waals surface area contributed by atoms with Gasteiger partial charge in [-0.05, 0) is 32.7 Å². The molecule has 2 fully saturated rings. The van der Waals surface area contributed by atoms with Crippen LogP contribution in [0.4, 0.5) is 0 Å². The molecule has 0 spiro atoms. The molecule has 1 saturated carbocycles. The smallest absolute Gasteiger partial charge is 0.253 e. The summed E-state index contributed by atoms with van der Waals surface area (Å²) in [5.41, 5.74) is -0.651. The van der Waals surface area contributed by atoms with Crippen molar-refractivity contribution >= 4 is 5.91 Å². The van der Waals surface area contributed by atoms with Crippen LogP contribution in [0, 0.1) is 5.92 Å². The van der Waals surface area contributed by atoms with Crippen LogP contribution in [0.5, 0.6) is 0 Å². The summed E-state index contributed by atoms with van der Waals surface area (Å²) in [5.74, 6) is 0.764. The molecule has 1 aliphatic carbocycles. The second-order valence-electron chi connectivity index (χ2n) is 4.97. The number of nitrogens with zero attached hydrogens (tertiary/aromatic N) is 1. The van der Waals surface area contributed by atoms with Gasteiger partial charge in [-0.3, -0.25) is 4.79 Å². The molecule has 0 radical (unpaired) electrons. The van der Waals surface area contributed by atoms with Gasteiger partial charge in [-0.1, -0.05) is 0 Å². The van der Waals surface area contributed by atoms with E-state index in [1.165, 1.54) is 12.8 Å². The summed E-state index contributed by atoms with van der Waals surface area (Å²) in [5, 5.41) is 2.98. The molecule has 1 atom stereocenters. The van der Waals surface area contributed by atoms with Crippen LogP contribution in [0.2, 0.25) is 0 Å². The number of likely N-dealkylation sites (N-methyl/N-ethyl adjacent to an activating group) is 1. The predicted octanol–water partition coefficient (Wildman–Crippen LogP) is 0.233. The Kier molecular flexibility index (Phi) is 2.98. The monoisotopic (exact) mass is 212 g/mol. The summed E-state index contributed by atoms with van der Waals surface area (Å²) >= 11 is 0. The van der Waals surface area contributed by atoms with Crippen LogP contribution in [0.25, 0.3) is 0 Å². The van der Waals surface area contributed by atoms with Crippen molar-refractivity contribution in [1.29, 1.82) is 0 Å². The van der Waals surface area contributed by atoms with Gasteiger partial charge in [0, 0.05) is 19.6 Å². The molecule has 1 saturated heterocycles. The number of carbonyl (C=O) groups is 1. The van der Waals surface area contributed by atoms with Crippen molar-refractivity contribution < 1.29 is 9.53 Å². The number of nitrogens with one attached hydrogen (secondary N) is 1. The minimum atomic E-state index is -0.651. The van der Waals surface area contributed by atoms with Crippen LogP contribution in [0.15, 0.2) is 0 Å². The highest BCUT2D eigenvalue weighted by Crippen LogP contribution is 2.28. The number of hydrogen-bond acceptors (Lipinski definition) is 3. The van der Waals surface area contributed by atoms with Crippen molar-refractivity contribution in [3.63, 3.8) is 0 Å². The van der Waals surface area contributed by atoms with Crippen LogP contribution in [-0.2, 0) is 9.53 Å². The van der Waals surface area contributed by atoms with Gasteiger partial charge in [0.05, 0.1) is 6.61 Å². The normalized spacial score (nSPS) is 32.7. The van der Waals surface area contributed by atoms with Gasteiger partial charge >= 0.3 is 0 Å². The molecule has 0 unspecified atom stereocenters. The van der Waals surface area contributed by atoms with E-state index in [1.54, 1.807) is 0 Å². The summed E-state index contributed by atoms with van der Waals surface area (Å²) in [6.07, 6.45) is 2.52. The summed E-state index contributed by atoms with van der Waals surface area (Å²) in [4.78, 5) is 14.1. The number of amides is 1. The molecular formula is C11H20N2O2. The van der Waals surface area contributed by atoms with E-state index in [-0.39, 0.29) is 5.91 Å². The Balaban J connectivity index is 1.85. The molecule has 15 heavy (non-hydrogen) atoms. The Labute approximate surface area is 91.0 Å². The fourth-order valence-electron chi connectivity index (χ4n) is 1.95. The van der Waals surface area contributed by atoms with Crippen LogP contribution < -0.4 is 5.32 Å². The molecule has 1 aliphatic heterocycles. The van der Waals surface area contributed by atoms with Crippen LogP contribution in [-0.4, -0.2) is 49.7 Å². The maximum atomic E-state index is 11.9. The third-order valence-electron chi connectivity index (χ3n) is 3.19. The molecule has 1 amide bonds. The highest BCUT2D eigenvalue weighted by Gasteiger charge is 2.38. The number of carbonyl (C=O) groups excluding carboxylic acids is 1. The number of morpholine rings is 1. The first-order valence-electron chi connectivity index (χ1n) is 5.71. The second kappa shape index (κ2) is 4.10. The van der Waals surface area contributed by atoms with Gasteiger partial charge in [0.25, 0.3) is 5.91 Å². The molecule has 1 heterocycles. The molecule has 0 aromatic rings. The van der Waals surface area contributed by atoms with Gasteiger partial charge in [0.1, 0.15) is 0 Å². The van der Waals surface area contributed by atoms with Crippen molar-refractivity contribution in [3.8, 4) is 0 Å². The molecule has 4 nitrogen and oxygen atoms in total. The predicted molar refractivity (Wildman–Crippen MR) is 57.6 cm³/mol. The van der Waals surface area contributed by atoms with E-state index in [2.05, 4.69) is 10.2 Å². The Morgan fingerprint density at radius 3 is 2.93 bits per heavy atom. The highest BCUT2D eigenvalue weighted by molar-refractivity contribution is 5.85. The van der Waals surface area contributed by atoms with Gasteiger partial charge in [0.15, 0.2) is 5.60 Å². The molecular weight excluding hydrogens is 192 g/mol. The summed E-state index contributed by atoms with van der Waals surface area (Å²) in [6, 6.07) is 0. The van der Waals surface area contributed by atoms with Gasteiger partial charge < -0.3 is 15.0 Å². The van der Waals surface area contributed by atoms with E-state index >= 15 is 0 Å². The minimum Gasteiger partial charge on any atom is -0.363 e. The number of rotatable bonds is 3. The fourth-order valence-corrected chi connectivity index (χ4v) is 1.95. The zero-order valence-electron chi connectivity index (χ0n) is 9.58. The largest absolute Gasteiger partial charge is 0.363 e. The standard InChI is InChI=1S/C11H20N2O2/c1-11(8-13(2)5-6-15-11)10(14)12-7-9-3-4-9/h9H,3-8H2,1-2H3,(H,12,14)/t11-/m1/s1. The Morgan fingerprint density at radius 1 is 1.60 bits per heavy atom. The lowest BCUT2D eigenvalue weighted by Gasteiger charge is -2.37. The number of ether oxygens (including phenoxy) is 1. The van der Waals surface area contributed by atoms with Crippen LogP contribution >= 0.6 is 0 Å². The third kappa shape index (κ3) is 2.69. The van der Waals surface area contributed by atoms with Crippen molar-refractivity contribution in [2.24, 2.45) is 5.92 Å². The van der Waals surface area contributed by atoms with E-state index in [0.29, 0.717) is 13.2 Å². The first-order valence-corrected chi connectivity index (χ1v) is 5.71. The molecule has 0 bridgehead atoms. The SMILES string of the molecule is CN1CCO[C@@](C)(C(=O)NCC2CC2)C1. The lowest BCUT2D eigenvalue weighted by atomic mass is 10.0. The lowest BCUT2D eigenvalue weighted by Crippen LogP contribution is -2.57. The lowest BCUT2D eigenvalue weighted by molar-refractivity contribution is -0.155. The molecule has 1 N–H and O–H groups in total. The van der Waals surface area contributed by atoms with E-state index in [0.717, 1.165) is 19.0 Å². The molecule has 2 rings (SSSR count). The third-order valence-corrected chi connectivity index (χ3v) is 3.19. The van der Waals surface area contributed by atoms with Gasteiger partial charge in [-0.25, -0.2) is 0 Å². The number of hydrogen-bond donors (Lipinski definition) is 1. The van der Waals surface area contributed by atoms with Crippen LogP contribution in [0.1, 0.15) is 19.8 Å². The van der Waals surface area contributed by atoms with E-state index in [4.69, 9.17) is 4.74 Å². The van der Waals surface area contributed by atoms with Gasteiger partial charge in [0.2, 0.25) is 0 Å².